The minimum atomic E-state index is -0.259. The number of amides is 1. The predicted octanol–water partition coefficient (Wildman–Crippen LogP) is 3.55. The SMILES string of the molecule is CCc1cccc(NC(=O)c2cccc(Cl)n2)c1. The van der Waals surface area contributed by atoms with Gasteiger partial charge in [-0.3, -0.25) is 4.79 Å². The highest BCUT2D eigenvalue weighted by Gasteiger charge is 2.07. The lowest BCUT2D eigenvalue weighted by atomic mass is 10.1. The summed E-state index contributed by atoms with van der Waals surface area (Å²) in [6.45, 7) is 2.07. The van der Waals surface area contributed by atoms with Gasteiger partial charge in [-0.2, -0.15) is 0 Å². The number of hydrogen-bond donors (Lipinski definition) is 1. The Kier molecular flexibility index (Phi) is 3.95. The Morgan fingerprint density at radius 2 is 2.06 bits per heavy atom. The van der Waals surface area contributed by atoms with Crippen LogP contribution in [0.15, 0.2) is 42.5 Å². The standard InChI is InChI=1S/C14H13ClN2O/c1-2-10-5-3-6-11(9-10)16-14(18)12-7-4-8-13(15)17-12/h3-9H,2H2,1H3,(H,16,18). The van der Waals surface area contributed by atoms with Gasteiger partial charge >= 0.3 is 0 Å². The molecule has 0 unspecified atom stereocenters. The Balaban J connectivity index is 2.16. The number of halogens is 1. The van der Waals surface area contributed by atoms with Crippen LogP contribution in [0.4, 0.5) is 5.69 Å². The Hall–Kier alpha value is -1.87. The molecule has 0 aliphatic rings. The number of benzene rings is 1. The molecule has 1 N–H and O–H groups in total. The lowest BCUT2D eigenvalue weighted by Crippen LogP contribution is -2.13. The Morgan fingerprint density at radius 1 is 1.28 bits per heavy atom. The normalized spacial score (nSPS) is 10.1. The van der Waals surface area contributed by atoms with Crippen LogP contribution in [0.25, 0.3) is 0 Å². The summed E-state index contributed by atoms with van der Waals surface area (Å²) in [6.07, 6.45) is 0.930. The van der Waals surface area contributed by atoms with E-state index in [1.54, 1.807) is 18.2 Å². The minimum absolute atomic E-state index is 0.259. The molecule has 1 heterocycles. The Labute approximate surface area is 111 Å². The zero-order valence-electron chi connectivity index (χ0n) is 9.98. The number of pyridine rings is 1. The third-order valence-corrected chi connectivity index (χ3v) is 2.75. The van der Waals surface area contributed by atoms with Crippen molar-refractivity contribution in [3.8, 4) is 0 Å². The van der Waals surface area contributed by atoms with E-state index in [2.05, 4.69) is 17.2 Å². The molecule has 92 valence electrons. The minimum Gasteiger partial charge on any atom is -0.321 e. The highest BCUT2D eigenvalue weighted by atomic mass is 35.5. The van der Waals surface area contributed by atoms with Crippen LogP contribution in [-0.4, -0.2) is 10.9 Å². The van der Waals surface area contributed by atoms with Crippen molar-refractivity contribution in [2.24, 2.45) is 0 Å². The first kappa shape index (κ1) is 12.6. The van der Waals surface area contributed by atoms with Crippen molar-refractivity contribution < 1.29 is 4.79 Å². The molecule has 0 saturated carbocycles. The van der Waals surface area contributed by atoms with Crippen molar-refractivity contribution in [3.05, 3.63) is 58.9 Å². The fourth-order valence-corrected chi connectivity index (χ4v) is 1.76. The van der Waals surface area contributed by atoms with E-state index in [-0.39, 0.29) is 5.91 Å². The Morgan fingerprint density at radius 3 is 2.78 bits per heavy atom. The number of aromatic nitrogens is 1. The third kappa shape index (κ3) is 3.08. The second-order valence-corrected chi connectivity index (χ2v) is 4.24. The first-order chi connectivity index (χ1) is 8.69. The van der Waals surface area contributed by atoms with Crippen LogP contribution in [0.5, 0.6) is 0 Å². The third-order valence-electron chi connectivity index (χ3n) is 2.54. The molecule has 4 heteroatoms. The maximum absolute atomic E-state index is 11.9. The van der Waals surface area contributed by atoms with Crippen LogP contribution >= 0.6 is 11.6 Å². The first-order valence-electron chi connectivity index (χ1n) is 5.72. The average molecular weight is 261 g/mol. The van der Waals surface area contributed by atoms with Gasteiger partial charge in [0.25, 0.3) is 5.91 Å². The molecular formula is C14H13ClN2O. The molecule has 2 rings (SSSR count). The molecule has 0 aliphatic heterocycles. The largest absolute Gasteiger partial charge is 0.321 e. The summed E-state index contributed by atoms with van der Waals surface area (Å²) in [7, 11) is 0. The van der Waals surface area contributed by atoms with Gasteiger partial charge in [0.05, 0.1) is 0 Å². The van der Waals surface area contributed by atoms with E-state index in [9.17, 15) is 4.79 Å². The molecule has 0 saturated heterocycles. The van der Waals surface area contributed by atoms with E-state index in [1.807, 2.05) is 24.3 Å². The molecule has 0 fully saturated rings. The van der Waals surface area contributed by atoms with E-state index in [0.29, 0.717) is 10.8 Å². The summed E-state index contributed by atoms with van der Waals surface area (Å²) in [5.41, 5.74) is 2.25. The van der Waals surface area contributed by atoms with Crippen molar-refractivity contribution in [2.45, 2.75) is 13.3 Å². The highest BCUT2D eigenvalue weighted by molar-refractivity contribution is 6.29. The predicted molar refractivity (Wildman–Crippen MR) is 73.0 cm³/mol. The quantitative estimate of drug-likeness (QED) is 0.858. The first-order valence-corrected chi connectivity index (χ1v) is 6.09. The van der Waals surface area contributed by atoms with Gasteiger partial charge in [-0.05, 0) is 36.2 Å². The average Bonchev–Trinajstić information content (AvgIpc) is 2.39. The molecule has 3 nitrogen and oxygen atoms in total. The molecule has 1 aromatic heterocycles. The maximum Gasteiger partial charge on any atom is 0.274 e. The van der Waals surface area contributed by atoms with Gasteiger partial charge in [0.15, 0.2) is 0 Å². The molecular weight excluding hydrogens is 248 g/mol. The van der Waals surface area contributed by atoms with Gasteiger partial charge in [0, 0.05) is 5.69 Å². The molecule has 0 atom stereocenters. The molecule has 18 heavy (non-hydrogen) atoms. The zero-order chi connectivity index (χ0) is 13.0. The maximum atomic E-state index is 11.9. The monoisotopic (exact) mass is 260 g/mol. The number of nitrogens with one attached hydrogen (secondary N) is 1. The van der Waals surface area contributed by atoms with Gasteiger partial charge in [-0.1, -0.05) is 36.7 Å². The number of hydrogen-bond acceptors (Lipinski definition) is 2. The van der Waals surface area contributed by atoms with Crippen molar-refractivity contribution in [3.63, 3.8) is 0 Å². The fraction of sp³-hybridized carbons (Fsp3) is 0.143. The zero-order valence-corrected chi connectivity index (χ0v) is 10.7. The summed E-state index contributed by atoms with van der Waals surface area (Å²) in [5.74, 6) is -0.259. The van der Waals surface area contributed by atoms with Crippen molar-refractivity contribution in [1.29, 1.82) is 0 Å². The van der Waals surface area contributed by atoms with Gasteiger partial charge in [0.1, 0.15) is 10.8 Å². The fourth-order valence-electron chi connectivity index (χ4n) is 1.60. The van der Waals surface area contributed by atoms with Gasteiger partial charge in [0.2, 0.25) is 0 Å². The second kappa shape index (κ2) is 5.65. The summed E-state index contributed by atoms with van der Waals surface area (Å²) < 4.78 is 0. The number of carbonyl (C=O) groups is 1. The van der Waals surface area contributed by atoms with Gasteiger partial charge in [-0.15, -0.1) is 0 Å². The summed E-state index contributed by atoms with van der Waals surface area (Å²) in [6, 6.07) is 12.7. The smallest absolute Gasteiger partial charge is 0.274 e. The van der Waals surface area contributed by atoms with Crippen molar-refractivity contribution in [1.82, 2.24) is 4.98 Å². The lowest BCUT2D eigenvalue weighted by Gasteiger charge is -2.06. The highest BCUT2D eigenvalue weighted by Crippen LogP contribution is 2.13. The van der Waals surface area contributed by atoms with Gasteiger partial charge < -0.3 is 5.32 Å². The number of nitrogens with zero attached hydrogens (tertiary/aromatic N) is 1. The molecule has 0 bridgehead atoms. The van der Waals surface area contributed by atoms with Crippen molar-refractivity contribution in [2.75, 3.05) is 5.32 Å². The number of aryl methyl sites for hydroxylation is 1. The molecule has 0 spiro atoms. The second-order valence-electron chi connectivity index (χ2n) is 3.85. The van der Waals surface area contributed by atoms with Crippen LogP contribution < -0.4 is 5.32 Å². The van der Waals surface area contributed by atoms with Crippen LogP contribution in [0.2, 0.25) is 5.15 Å². The molecule has 1 amide bonds. The van der Waals surface area contributed by atoms with Crippen LogP contribution in [0.3, 0.4) is 0 Å². The molecule has 0 radical (unpaired) electrons. The summed E-state index contributed by atoms with van der Waals surface area (Å²) in [5, 5.41) is 3.11. The van der Waals surface area contributed by atoms with E-state index in [0.717, 1.165) is 12.1 Å². The van der Waals surface area contributed by atoms with E-state index >= 15 is 0 Å². The Bertz CT molecular complexity index is 569. The number of anilines is 1. The van der Waals surface area contributed by atoms with Crippen LogP contribution in [0.1, 0.15) is 23.0 Å². The van der Waals surface area contributed by atoms with Gasteiger partial charge in [-0.25, -0.2) is 4.98 Å². The van der Waals surface area contributed by atoms with E-state index in [4.69, 9.17) is 11.6 Å². The molecule has 1 aromatic carbocycles. The number of carbonyl (C=O) groups excluding carboxylic acids is 1. The van der Waals surface area contributed by atoms with Crippen LogP contribution in [-0.2, 0) is 6.42 Å². The molecule has 0 aliphatic carbocycles. The number of rotatable bonds is 3. The topological polar surface area (TPSA) is 42.0 Å². The van der Waals surface area contributed by atoms with Crippen molar-refractivity contribution >= 4 is 23.2 Å². The summed E-state index contributed by atoms with van der Waals surface area (Å²) >= 11 is 5.75. The lowest BCUT2D eigenvalue weighted by molar-refractivity contribution is 0.102. The molecule has 2 aromatic rings. The van der Waals surface area contributed by atoms with Crippen LogP contribution in [0, 0.1) is 0 Å². The van der Waals surface area contributed by atoms with E-state index < -0.39 is 0 Å². The van der Waals surface area contributed by atoms with E-state index in [1.165, 1.54) is 5.56 Å². The summed E-state index contributed by atoms with van der Waals surface area (Å²) in [4.78, 5) is 15.9.